The SMILES string of the molecule is CC(C)(C)C(=O)/C=C(/O)C(C)(C)C.CC(C)(C)C(=O)/C=C(/O)C(C)(C)C.[Zn]. The van der Waals surface area contributed by atoms with Gasteiger partial charge in [0.1, 0.15) is 11.5 Å². The number of ketones is 2. The van der Waals surface area contributed by atoms with Crippen molar-refractivity contribution in [3.05, 3.63) is 23.7 Å². The van der Waals surface area contributed by atoms with Crippen LogP contribution < -0.4 is 0 Å². The van der Waals surface area contributed by atoms with E-state index in [-0.39, 0.29) is 53.4 Å². The fraction of sp³-hybridized carbons (Fsp3) is 0.727. The van der Waals surface area contributed by atoms with Gasteiger partial charge in [0.25, 0.3) is 0 Å². The number of rotatable bonds is 2. The fourth-order valence-electron chi connectivity index (χ4n) is 1.11. The number of aliphatic hydroxyl groups is 2. The van der Waals surface area contributed by atoms with Crippen LogP contribution in [0, 0.1) is 21.7 Å². The number of hydrogen-bond donors (Lipinski definition) is 2. The second-order valence-electron chi connectivity index (χ2n) is 10.8. The summed E-state index contributed by atoms with van der Waals surface area (Å²) in [4.78, 5) is 23.0. The predicted molar refractivity (Wildman–Crippen MR) is 109 cm³/mol. The van der Waals surface area contributed by atoms with Crippen molar-refractivity contribution in [1.29, 1.82) is 0 Å². The van der Waals surface area contributed by atoms with E-state index in [0.29, 0.717) is 0 Å². The molecule has 0 aliphatic carbocycles. The van der Waals surface area contributed by atoms with Gasteiger partial charge in [-0.15, -0.1) is 0 Å². The van der Waals surface area contributed by atoms with Gasteiger partial charge in [0, 0.05) is 53.3 Å². The molecule has 0 fully saturated rings. The van der Waals surface area contributed by atoms with Gasteiger partial charge in [0.2, 0.25) is 0 Å². The Morgan fingerprint density at radius 3 is 0.815 bits per heavy atom. The molecule has 4 nitrogen and oxygen atoms in total. The van der Waals surface area contributed by atoms with Gasteiger partial charge < -0.3 is 10.2 Å². The molecule has 0 aliphatic heterocycles. The van der Waals surface area contributed by atoms with Gasteiger partial charge in [0.05, 0.1) is 0 Å². The third-order valence-electron chi connectivity index (χ3n) is 3.55. The van der Waals surface area contributed by atoms with Gasteiger partial charge >= 0.3 is 0 Å². The van der Waals surface area contributed by atoms with Crippen LogP contribution in [0.25, 0.3) is 0 Å². The first-order chi connectivity index (χ1) is 11.1. The van der Waals surface area contributed by atoms with Crippen molar-refractivity contribution in [1.82, 2.24) is 0 Å². The summed E-state index contributed by atoms with van der Waals surface area (Å²) >= 11 is 0. The third-order valence-corrected chi connectivity index (χ3v) is 3.55. The Kier molecular flexibility index (Phi) is 12.0. The average Bonchev–Trinajstić information content (AvgIpc) is 2.34. The van der Waals surface area contributed by atoms with E-state index in [4.69, 9.17) is 0 Å². The van der Waals surface area contributed by atoms with Gasteiger partial charge in [-0.25, -0.2) is 0 Å². The van der Waals surface area contributed by atoms with Crippen molar-refractivity contribution in [3.8, 4) is 0 Å². The molecule has 0 atom stereocenters. The van der Waals surface area contributed by atoms with E-state index in [0.717, 1.165) is 0 Å². The minimum absolute atomic E-state index is 0. The normalized spacial score (nSPS) is 13.9. The van der Waals surface area contributed by atoms with Crippen LogP contribution >= 0.6 is 0 Å². The van der Waals surface area contributed by atoms with Crippen molar-refractivity contribution in [2.75, 3.05) is 0 Å². The third kappa shape index (κ3) is 13.8. The number of hydrogen-bond acceptors (Lipinski definition) is 4. The second kappa shape index (κ2) is 10.6. The van der Waals surface area contributed by atoms with Gasteiger partial charge in [-0.05, 0) is 0 Å². The summed E-state index contributed by atoms with van der Waals surface area (Å²) in [7, 11) is 0. The molecule has 0 heterocycles. The van der Waals surface area contributed by atoms with Gasteiger partial charge in [-0.3, -0.25) is 9.59 Å². The molecular formula is C22H40O4Zn. The van der Waals surface area contributed by atoms with Crippen LogP contribution in [0.5, 0.6) is 0 Å². The van der Waals surface area contributed by atoms with Crippen LogP contribution in [-0.2, 0) is 29.1 Å². The molecule has 2 N–H and O–H groups in total. The maximum absolute atomic E-state index is 11.5. The van der Waals surface area contributed by atoms with Crippen LogP contribution in [0.2, 0.25) is 0 Å². The monoisotopic (exact) mass is 432 g/mol. The van der Waals surface area contributed by atoms with E-state index in [1.54, 1.807) is 0 Å². The summed E-state index contributed by atoms with van der Waals surface area (Å²) in [6.07, 6.45) is 2.67. The molecule has 0 aromatic carbocycles. The number of carbonyl (C=O) groups excluding carboxylic acids is 2. The molecule has 0 radical (unpaired) electrons. The standard InChI is InChI=1S/2C11H20O2.Zn/c2*1-10(2,3)8(12)7-9(13)11(4,5)6;/h2*7,12H,1-6H3;/b2*8-7+;. The van der Waals surface area contributed by atoms with E-state index in [9.17, 15) is 19.8 Å². The van der Waals surface area contributed by atoms with E-state index in [1.165, 1.54) is 12.2 Å². The van der Waals surface area contributed by atoms with Gasteiger partial charge in [-0.2, -0.15) is 0 Å². The van der Waals surface area contributed by atoms with Crippen molar-refractivity contribution in [3.63, 3.8) is 0 Å². The summed E-state index contributed by atoms with van der Waals surface area (Å²) in [5.74, 6) is 0.208. The average molecular weight is 434 g/mol. The predicted octanol–water partition coefficient (Wildman–Crippen LogP) is 6.18. The molecule has 0 aliphatic rings. The Morgan fingerprint density at radius 2 is 0.704 bits per heavy atom. The number of allylic oxidation sites excluding steroid dienone is 4. The van der Waals surface area contributed by atoms with E-state index < -0.39 is 10.8 Å². The maximum Gasteiger partial charge on any atom is 0.164 e. The molecule has 0 aromatic rings. The summed E-state index contributed by atoms with van der Waals surface area (Å²) in [6.45, 7) is 22.2. The Bertz CT molecular complexity index is 505. The smallest absolute Gasteiger partial charge is 0.164 e. The Hall–Kier alpha value is -0.957. The molecule has 0 bridgehead atoms. The van der Waals surface area contributed by atoms with Crippen molar-refractivity contribution < 1.29 is 39.3 Å². The van der Waals surface area contributed by atoms with Crippen LogP contribution in [0.3, 0.4) is 0 Å². The molecular weight excluding hydrogens is 394 g/mol. The number of aliphatic hydroxyl groups excluding tert-OH is 2. The Labute approximate surface area is 179 Å². The van der Waals surface area contributed by atoms with Crippen LogP contribution in [0.1, 0.15) is 83.1 Å². The second-order valence-corrected chi connectivity index (χ2v) is 10.8. The zero-order valence-electron chi connectivity index (χ0n) is 19.6. The van der Waals surface area contributed by atoms with E-state index in [2.05, 4.69) is 0 Å². The van der Waals surface area contributed by atoms with Crippen LogP contribution in [0.15, 0.2) is 23.7 Å². The molecule has 0 aromatic heterocycles. The molecule has 0 unspecified atom stereocenters. The Balaban J connectivity index is -0.000000411. The molecule has 0 amide bonds. The van der Waals surface area contributed by atoms with Crippen molar-refractivity contribution in [2.45, 2.75) is 83.1 Å². The number of carbonyl (C=O) groups is 2. The fourth-order valence-corrected chi connectivity index (χ4v) is 1.11. The summed E-state index contributed by atoms with van der Waals surface area (Å²) in [6, 6.07) is 0. The van der Waals surface area contributed by atoms with Crippen molar-refractivity contribution in [2.24, 2.45) is 21.7 Å². The van der Waals surface area contributed by atoms with Crippen molar-refractivity contribution >= 4 is 11.6 Å². The largest absolute Gasteiger partial charge is 0.512 e. The zero-order chi connectivity index (χ0) is 21.7. The maximum atomic E-state index is 11.5. The zero-order valence-corrected chi connectivity index (χ0v) is 22.5. The molecule has 27 heavy (non-hydrogen) atoms. The van der Waals surface area contributed by atoms with Crippen LogP contribution in [0.4, 0.5) is 0 Å². The molecule has 154 valence electrons. The first kappa shape index (κ1) is 30.8. The van der Waals surface area contributed by atoms with Crippen LogP contribution in [-0.4, -0.2) is 21.8 Å². The molecule has 0 rings (SSSR count). The summed E-state index contributed by atoms with van der Waals surface area (Å²) in [5, 5.41) is 19.1. The molecule has 0 saturated carbocycles. The quantitative estimate of drug-likeness (QED) is 0.310. The first-order valence-electron chi connectivity index (χ1n) is 9.01. The summed E-state index contributed by atoms with van der Waals surface area (Å²) in [5.41, 5.74) is -1.53. The molecule has 0 spiro atoms. The molecule has 5 heteroatoms. The summed E-state index contributed by atoms with van der Waals surface area (Å²) < 4.78 is 0. The van der Waals surface area contributed by atoms with Gasteiger partial charge in [-0.1, -0.05) is 83.1 Å². The molecule has 0 saturated heterocycles. The minimum atomic E-state index is -0.417. The van der Waals surface area contributed by atoms with E-state index in [1.807, 2.05) is 83.1 Å². The Morgan fingerprint density at radius 1 is 0.519 bits per heavy atom. The van der Waals surface area contributed by atoms with Gasteiger partial charge in [0.15, 0.2) is 11.6 Å². The topological polar surface area (TPSA) is 74.6 Å². The minimum Gasteiger partial charge on any atom is -0.512 e. The van der Waals surface area contributed by atoms with E-state index >= 15 is 0 Å². The first-order valence-corrected chi connectivity index (χ1v) is 9.01.